The van der Waals surface area contributed by atoms with Crippen molar-refractivity contribution in [3.8, 4) is 0 Å². The zero-order chi connectivity index (χ0) is 11.7. The van der Waals surface area contributed by atoms with Crippen LogP contribution in [0.25, 0.3) is 0 Å². The molecule has 0 atom stereocenters. The third-order valence-electron chi connectivity index (χ3n) is 4.08. The van der Waals surface area contributed by atoms with E-state index in [1.165, 1.54) is 25.7 Å². The second-order valence-corrected chi connectivity index (χ2v) is 5.27. The zero-order valence-electron chi connectivity index (χ0n) is 10.4. The molecule has 1 aliphatic heterocycles. The predicted molar refractivity (Wildman–Crippen MR) is 63.7 cm³/mol. The molecule has 3 rings (SSSR count). The lowest BCUT2D eigenvalue weighted by Gasteiger charge is -2.44. The van der Waals surface area contributed by atoms with Crippen LogP contribution in [-0.2, 0) is 11.3 Å². The third-order valence-corrected chi connectivity index (χ3v) is 4.08. The van der Waals surface area contributed by atoms with E-state index in [2.05, 4.69) is 9.88 Å². The maximum atomic E-state index is 5.69. The van der Waals surface area contributed by atoms with Gasteiger partial charge in [0, 0.05) is 12.1 Å². The van der Waals surface area contributed by atoms with Crippen LogP contribution in [0.2, 0.25) is 0 Å². The normalized spacial score (nSPS) is 24.5. The molecule has 1 saturated heterocycles. The average Bonchev–Trinajstić information content (AvgIpc) is 2.93. The Balaban J connectivity index is 1.75. The van der Waals surface area contributed by atoms with E-state index in [1.54, 1.807) is 6.20 Å². The van der Waals surface area contributed by atoms with Crippen LogP contribution in [0.5, 0.6) is 0 Å². The van der Waals surface area contributed by atoms with Crippen LogP contribution in [0.3, 0.4) is 0 Å². The molecule has 0 aromatic carbocycles. The highest BCUT2D eigenvalue weighted by Crippen LogP contribution is 2.38. The molecule has 0 bridgehead atoms. The van der Waals surface area contributed by atoms with E-state index in [-0.39, 0.29) is 5.54 Å². The summed E-state index contributed by atoms with van der Waals surface area (Å²) in [5.74, 6) is 1.74. The molecule has 17 heavy (non-hydrogen) atoms. The molecule has 2 heterocycles. The lowest BCUT2D eigenvalue weighted by atomic mass is 9.95. The van der Waals surface area contributed by atoms with Crippen molar-refractivity contribution in [2.24, 2.45) is 0 Å². The topological polar surface area (TPSA) is 38.5 Å². The molecule has 0 N–H and O–H groups in total. The maximum Gasteiger partial charge on any atom is 0.208 e. The summed E-state index contributed by atoms with van der Waals surface area (Å²) in [7, 11) is 0. The van der Waals surface area contributed by atoms with Gasteiger partial charge in [-0.1, -0.05) is 12.8 Å². The number of morpholine rings is 1. The first-order chi connectivity index (χ1) is 8.28. The van der Waals surface area contributed by atoms with Crippen molar-refractivity contribution >= 4 is 0 Å². The van der Waals surface area contributed by atoms with E-state index >= 15 is 0 Å². The van der Waals surface area contributed by atoms with Crippen LogP contribution in [0, 0.1) is 6.92 Å². The summed E-state index contributed by atoms with van der Waals surface area (Å²) in [5, 5.41) is 0. The summed E-state index contributed by atoms with van der Waals surface area (Å²) in [6, 6.07) is 0. The quantitative estimate of drug-likeness (QED) is 0.788. The van der Waals surface area contributed by atoms with Crippen molar-refractivity contribution in [1.29, 1.82) is 0 Å². The molecule has 4 heteroatoms. The SMILES string of the molecule is Cc1cnc(CN2CCOCC23CCCC3)o1. The molecule has 2 aliphatic rings. The van der Waals surface area contributed by atoms with E-state index in [0.717, 1.165) is 38.0 Å². The molecular weight excluding hydrogens is 216 g/mol. The number of hydrogen-bond donors (Lipinski definition) is 0. The van der Waals surface area contributed by atoms with Gasteiger partial charge in [0.15, 0.2) is 0 Å². The van der Waals surface area contributed by atoms with E-state index in [4.69, 9.17) is 9.15 Å². The molecule has 1 saturated carbocycles. The van der Waals surface area contributed by atoms with Crippen LogP contribution in [-0.4, -0.2) is 35.2 Å². The average molecular weight is 236 g/mol. The monoisotopic (exact) mass is 236 g/mol. The smallest absolute Gasteiger partial charge is 0.208 e. The van der Waals surface area contributed by atoms with E-state index < -0.39 is 0 Å². The molecule has 1 aromatic heterocycles. The first-order valence-corrected chi connectivity index (χ1v) is 6.53. The highest BCUT2D eigenvalue weighted by molar-refractivity contribution is 4.99. The van der Waals surface area contributed by atoms with Crippen molar-refractivity contribution in [3.63, 3.8) is 0 Å². The first kappa shape index (κ1) is 11.2. The highest BCUT2D eigenvalue weighted by atomic mass is 16.5. The second kappa shape index (κ2) is 4.42. The molecule has 4 nitrogen and oxygen atoms in total. The Hall–Kier alpha value is -0.870. The lowest BCUT2D eigenvalue weighted by molar-refractivity contribution is -0.0732. The minimum absolute atomic E-state index is 0.265. The molecule has 0 radical (unpaired) electrons. The van der Waals surface area contributed by atoms with Gasteiger partial charge >= 0.3 is 0 Å². The van der Waals surface area contributed by atoms with Gasteiger partial charge in [-0.3, -0.25) is 4.90 Å². The second-order valence-electron chi connectivity index (χ2n) is 5.27. The summed E-state index contributed by atoms with van der Waals surface area (Å²) < 4.78 is 11.3. The number of nitrogens with zero attached hydrogens (tertiary/aromatic N) is 2. The molecule has 1 aromatic rings. The van der Waals surface area contributed by atoms with Gasteiger partial charge in [0.2, 0.25) is 5.89 Å². The maximum absolute atomic E-state index is 5.69. The minimum atomic E-state index is 0.265. The van der Waals surface area contributed by atoms with Crippen LogP contribution < -0.4 is 0 Å². The van der Waals surface area contributed by atoms with Gasteiger partial charge in [-0.15, -0.1) is 0 Å². The zero-order valence-corrected chi connectivity index (χ0v) is 10.4. The largest absolute Gasteiger partial charge is 0.445 e. The minimum Gasteiger partial charge on any atom is -0.445 e. The molecule has 0 unspecified atom stereocenters. The fourth-order valence-corrected chi connectivity index (χ4v) is 3.14. The Morgan fingerprint density at radius 3 is 2.94 bits per heavy atom. The Kier molecular flexibility index (Phi) is 2.92. The Bertz CT molecular complexity index is 383. The van der Waals surface area contributed by atoms with Crippen LogP contribution in [0.4, 0.5) is 0 Å². The highest BCUT2D eigenvalue weighted by Gasteiger charge is 2.42. The van der Waals surface area contributed by atoms with E-state index in [0.29, 0.717) is 0 Å². The van der Waals surface area contributed by atoms with Crippen molar-refractivity contribution in [3.05, 3.63) is 17.8 Å². The molecule has 1 aliphatic carbocycles. The Labute approximate surface area is 102 Å². The standard InChI is InChI=1S/C13H20N2O2/c1-11-8-14-12(17-11)9-15-6-7-16-10-13(15)4-2-3-5-13/h8H,2-7,9-10H2,1H3. The van der Waals surface area contributed by atoms with Crippen molar-refractivity contribution in [2.75, 3.05) is 19.8 Å². The van der Waals surface area contributed by atoms with Crippen molar-refractivity contribution in [2.45, 2.75) is 44.7 Å². The summed E-state index contributed by atoms with van der Waals surface area (Å²) in [4.78, 5) is 6.84. The predicted octanol–water partition coefficient (Wildman–Crippen LogP) is 2.13. The van der Waals surface area contributed by atoms with Crippen LogP contribution in [0.15, 0.2) is 10.6 Å². The number of ether oxygens (including phenoxy) is 1. The van der Waals surface area contributed by atoms with Crippen LogP contribution >= 0.6 is 0 Å². The van der Waals surface area contributed by atoms with E-state index in [9.17, 15) is 0 Å². The van der Waals surface area contributed by atoms with E-state index in [1.807, 2.05) is 6.92 Å². The lowest BCUT2D eigenvalue weighted by Crippen LogP contribution is -2.54. The van der Waals surface area contributed by atoms with Crippen molar-refractivity contribution in [1.82, 2.24) is 9.88 Å². The number of aromatic nitrogens is 1. The van der Waals surface area contributed by atoms with Gasteiger partial charge < -0.3 is 9.15 Å². The molecule has 0 amide bonds. The van der Waals surface area contributed by atoms with Gasteiger partial charge in [0.25, 0.3) is 0 Å². The van der Waals surface area contributed by atoms with Crippen LogP contribution in [0.1, 0.15) is 37.3 Å². The summed E-state index contributed by atoms with van der Waals surface area (Å²) in [6.45, 7) is 5.49. The summed E-state index contributed by atoms with van der Waals surface area (Å²) in [6.07, 6.45) is 6.96. The number of oxazole rings is 1. The van der Waals surface area contributed by atoms with Crippen molar-refractivity contribution < 1.29 is 9.15 Å². The Morgan fingerprint density at radius 2 is 2.24 bits per heavy atom. The molecule has 2 fully saturated rings. The summed E-state index contributed by atoms with van der Waals surface area (Å²) >= 11 is 0. The summed E-state index contributed by atoms with van der Waals surface area (Å²) in [5.41, 5.74) is 0.265. The fourth-order valence-electron chi connectivity index (χ4n) is 3.14. The number of rotatable bonds is 2. The van der Waals surface area contributed by atoms with Gasteiger partial charge in [0.1, 0.15) is 5.76 Å². The molecule has 94 valence electrons. The number of hydrogen-bond acceptors (Lipinski definition) is 4. The third kappa shape index (κ3) is 2.11. The first-order valence-electron chi connectivity index (χ1n) is 6.53. The van der Waals surface area contributed by atoms with Gasteiger partial charge in [0.05, 0.1) is 26.0 Å². The van der Waals surface area contributed by atoms with Gasteiger partial charge in [-0.2, -0.15) is 0 Å². The Morgan fingerprint density at radius 1 is 1.41 bits per heavy atom. The van der Waals surface area contributed by atoms with Gasteiger partial charge in [-0.25, -0.2) is 4.98 Å². The number of aryl methyl sites for hydroxylation is 1. The van der Waals surface area contributed by atoms with Gasteiger partial charge in [-0.05, 0) is 19.8 Å². The molecule has 1 spiro atoms. The molecular formula is C13H20N2O2. The fraction of sp³-hybridized carbons (Fsp3) is 0.769.